The predicted octanol–water partition coefficient (Wildman–Crippen LogP) is 4.60. The number of benzene rings is 2. The van der Waals surface area contributed by atoms with Crippen molar-refractivity contribution in [2.24, 2.45) is 11.8 Å². The maximum atomic E-state index is 13.5. The van der Waals surface area contributed by atoms with Crippen LogP contribution in [0, 0.1) is 11.8 Å². The van der Waals surface area contributed by atoms with Crippen LogP contribution >= 0.6 is 11.6 Å². The molecule has 2 heterocycles. The fourth-order valence-corrected chi connectivity index (χ4v) is 4.61. The third kappa shape index (κ3) is 3.95. The first-order valence-electron chi connectivity index (χ1n) is 10.1. The molecule has 0 bridgehead atoms. The summed E-state index contributed by atoms with van der Waals surface area (Å²) in [5.74, 6) is 0.514. The van der Waals surface area contributed by atoms with Gasteiger partial charge in [-0.15, -0.1) is 0 Å². The average Bonchev–Trinajstić information content (AvgIpc) is 2.93. The van der Waals surface area contributed by atoms with Gasteiger partial charge >= 0.3 is 0 Å². The van der Waals surface area contributed by atoms with Gasteiger partial charge in [-0.2, -0.15) is 0 Å². The molecule has 150 valence electrons. The van der Waals surface area contributed by atoms with E-state index in [1.54, 1.807) is 12.1 Å². The highest BCUT2D eigenvalue weighted by atomic mass is 35.5. The van der Waals surface area contributed by atoms with Crippen LogP contribution in [-0.2, 0) is 16.1 Å². The fourth-order valence-electron chi connectivity index (χ4n) is 4.49. The molecule has 5 heteroatoms. The Morgan fingerprint density at radius 3 is 2.14 bits per heavy atom. The number of nitrogens with zero attached hydrogens (tertiary/aromatic N) is 2. The number of rotatable bonds is 4. The van der Waals surface area contributed by atoms with E-state index in [4.69, 9.17) is 11.6 Å². The first kappa shape index (κ1) is 19.7. The molecule has 0 saturated carbocycles. The quantitative estimate of drug-likeness (QED) is 0.694. The first-order chi connectivity index (χ1) is 13.9. The maximum Gasteiger partial charge on any atom is 0.278 e. The molecule has 2 amide bonds. The number of halogens is 1. The lowest BCUT2D eigenvalue weighted by Gasteiger charge is -2.37. The molecule has 2 aliphatic rings. The van der Waals surface area contributed by atoms with Gasteiger partial charge in [-0.1, -0.05) is 67.9 Å². The van der Waals surface area contributed by atoms with Crippen LogP contribution in [0.15, 0.2) is 60.3 Å². The highest BCUT2D eigenvalue weighted by Crippen LogP contribution is 2.36. The van der Waals surface area contributed by atoms with Gasteiger partial charge in [0.2, 0.25) is 0 Å². The van der Waals surface area contributed by atoms with Gasteiger partial charge in [0, 0.05) is 18.1 Å². The zero-order chi connectivity index (χ0) is 20.5. The molecule has 4 nitrogen and oxygen atoms in total. The Morgan fingerprint density at radius 2 is 1.52 bits per heavy atom. The highest BCUT2D eigenvalue weighted by Gasteiger charge is 2.42. The largest absolute Gasteiger partial charge is 0.366 e. The predicted molar refractivity (Wildman–Crippen MR) is 115 cm³/mol. The van der Waals surface area contributed by atoms with Crippen LogP contribution in [0.1, 0.15) is 31.4 Å². The van der Waals surface area contributed by atoms with Crippen LogP contribution in [0.3, 0.4) is 0 Å². The lowest BCUT2D eigenvalue weighted by molar-refractivity contribution is -0.138. The van der Waals surface area contributed by atoms with Crippen LogP contribution in [-0.4, -0.2) is 34.7 Å². The van der Waals surface area contributed by atoms with Gasteiger partial charge in [-0.05, 0) is 41.5 Å². The summed E-state index contributed by atoms with van der Waals surface area (Å²) in [6, 6.07) is 16.8. The van der Waals surface area contributed by atoms with E-state index in [0.29, 0.717) is 28.1 Å². The molecule has 0 N–H and O–H groups in total. The van der Waals surface area contributed by atoms with Crippen LogP contribution in [0.4, 0.5) is 0 Å². The second-order valence-electron chi connectivity index (χ2n) is 8.26. The Hall–Kier alpha value is -2.59. The summed E-state index contributed by atoms with van der Waals surface area (Å²) < 4.78 is 0. The standard InChI is InChI=1S/C24H25ClN2O2/c1-16-12-17(2)14-26(13-16)22-21(19-8-10-20(25)11-9-19)23(28)27(24(22)29)15-18-6-4-3-5-7-18/h3-11,16-17H,12-15H2,1-2H3. The topological polar surface area (TPSA) is 40.6 Å². The summed E-state index contributed by atoms with van der Waals surface area (Å²) in [7, 11) is 0. The number of hydrogen-bond acceptors (Lipinski definition) is 3. The van der Waals surface area contributed by atoms with E-state index in [-0.39, 0.29) is 18.4 Å². The molecule has 2 unspecified atom stereocenters. The third-order valence-electron chi connectivity index (χ3n) is 5.65. The number of imide groups is 1. The fraction of sp³-hybridized carbons (Fsp3) is 0.333. The highest BCUT2D eigenvalue weighted by molar-refractivity contribution is 6.35. The molecule has 1 fully saturated rings. The molecule has 2 atom stereocenters. The third-order valence-corrected chi connectivity index (χ3v) is 5.90. The van der Waals surface area contributed by atoms with Gasteiger partial charge < -0.3 is 4.90 Å². The van der Waals surface area contributed by atoms with Crippen molar-refractivity contribution in [3.8, 4) is 0 Å². The minimum atomic E-state index is -0.234. The number of amides is 2. The van der Waals surface area contributed by atoms with Crippen LogP contribution in [0.5, 0.6) is 0 Å². The molecule has 29 heavy (non-hydrogen) atoms. The summed E-state index contributed by atoms with van der Waals surface area (Å²) in [6.07, 6.45) is 1.13. The van der Waals surface area contributed by atoms with Crippen LogP contribution in [0.25, 0.3) is 5.57 Å². The van der Waals surface area contributed by atoms with Crippen molar-refractivity contribution in [1.82, 2.24) is 9.80 Å². The number of carbonyl (C=O) groups is 2. The van der Waals surface area contributed by atoms with Crippen molar-refractivity contribution < 1.29 is 9.59 Å². The van der Waals surface area contributed by atoms with Crippen molar-refractivity contribution in [1.29, 1.82) is 0 Å². The average molecular weight is 409 g/mol. The lowest BCUT2D eigenvalue weighted by Crippen LogP contribution is -2.41. The second kappa shape index (κ2) is 8.03. The van der Waals surface area contributed by atoms with Crippen molar-refractivity contribution in [2.45, 2.75) is 26.8 Å². The van der Waals surface area contributed by atoms with E-state index in [1.165, 1.54) is 4.90 Å². The number of likely N-dealkylation sites (tertiary alicyclic amines) is 1. The molecule has 0 radical (unpaired) electrons. The van der Waals surface area contributed by atoms with Crippen LogP contribution < -0.4 is 0 Å². The summed E-state index contributed by atoms with van der Waals surface area (Å²) in [5.41, 5.74) is 2.70. The molecule has 0 aliphatic carbocycles. The zero-order valence-electron chi connectivity index (χ0n) is 16.8. The molecule has 1 saturated heterocycles. The molecular weight excluding hydrogens is 384 g/mol. The van der Waals surface area contributed by atoms with Gasteiger partial charge in [0.1, 0.15) is 5.70 Å². The van der Waals surface area contributed by atoms with Crippen LogP contribution in [0.2, 0.25) is 5.02 Å². The van der Waals surface area contributed by atoms with E-state index in [0.717, 1.165) is 30.6 Å². The smallest absolute Gasteiger partial charge is 0.278 e. The summed E-state index contributed by atoms with van der Waals surface area (Å²) in [5, 5.41) is 0.606. The Bertz CT molecular complexity index is 943. The first-order valence-corrected chi connectivity index (χ1v) is 10.5. The van der Waals surface area contributed by atoms with Crippen molar-refractivity contribution in [3.05, 3.63) is 76.4 Å². The van der Waals surface area contributed by atoms with Gasteiger partial charge in [0.05, 0.1) is 12.1 Å². The minimum Gasteiger partial charge on any atom is -0.366 e. The molecule has 0 spiro atoms. The minimum absolute atomic E-state index is 0.204. The Kier molecular flexibility index (Phi) is 5.46. The van der Waals surface area contributed by atoms with Gasteiger partial charge in [-0.3, -0.25) is 14.5 Å². The number of carbonyl (C=O) groups excluding carboxylic acids is 2. The van der Waals surface area contributed by atoms with Crippen molar-refractivity contribution >= 4 is 29.0 Å². The molecular formula is C24H25ClN2O2. The molecule has 2 aromatic carbocycles. The lowest BCUT2D eigenvalue weighted by atomic mass is 9.91. The van der Waals surface area contributed by atoms with E-state index in [1.807, 2.05) is 42.5 Å². The maximum absolute atomic E-state index is 13.5. The SMILES string of the molecule is CC1CC(C)CN(C2=C(c3ccc(Cl)cc3)C(=O)N(Cc3ccccc3)C2=O)C1. The molecule has 2 aromatic rings. The normalized spacial score (nSPS) is 22.6. The van der Waals surface area contributed by atoms with E-state index >= 15 is 0 Å². The summed E-state index contributed by atoms with van der Waals surface area (Å²) >= 11 is 6.05. The molecule has 4 rings (SSSR count). The van der Waals surface area contributed by atoms with Crippen molar-refractivity contribution in [2.75, 3.05) is 13.1 Å². The molecule has 2 aliphatic heterocycles. The van der Waals surface area contributed by atoms with Gasteiger partial charge in [0.15, 0.2) is 0 Å². The second-order valence-corrected chi connectivity index (χ2v) is 8.70. The molecule has 0 aromatic heterocycles. The van der Waals surface area contributed by atoms with E-state index in [9.17, 15) is 9.59 Å². The Balaban J connectivity index is 1.75. The zero-order valence-corrected chi connectivity index (χ0v) is 17.5. The number of hydrogen-bond donors (Lipinski definition) is 0. The Labute approximate surface area is 176 Å². The van der Waals surface area contributed by atoms with Crippen molar-refractivity contribution in [3.63, 3.8) is 0 Å². The van der Waals surface area contributed by atoms with Gasteiger partial charge in [-0.25, -0.2) is 0 Å². The number of piperidine rings is 1. The summed E-state index contributed by atoms with van der Waals surface area (Å²) in [4.78, 5) is 30.4. The van der Waals surface area contributed by atoms with E-state index in [2.05, 4.69) is 18.7 Å². The monoisotopic (exact) mass is 408 g/mol. The van der Waals surface area contributed by atoms with E-state index < -0.39 is 0 Å². The van der Waals surface area contributed by atoms with Gasteiger partial charge in [0.25, 0.3) is 11.8 Å². The Morgan fingerprint density at radius 1 is 0.897 bits per heavy atom. The summed E-state index contributed by atoms with van der Waals surface area (Å²) in [6.45, 7) is 6.25.